The number of carbonyl (C=O) groups excluding carboxylic acids is 2. The Morgan fingerprint density at radius 1 is 1.00 bits per heavy atom. The van der Waals surface area contributed by atoms with Crippen molar-refractivity contribution in [1.29, 1.82) is 0 Å². The van der Waals surface area contributed by atoms with Gasteiger partial charge in [0.1, 0.15) is 5.54 Å². The second-order valence-corrected chi connectivity index (χ2v) is 8.05. The number of aliphatic hydroxyl groups excluding tert-OH is 1. The Kier molecular flexibility index (Phi) is 5.48. The van der Waals surface area contributed by atoms with Crippen LogP contribution in [-0.4, -0.2) is 46.1 Å². The Balaban J connectivity index is 1.79. The zero-order valence-electron chi connectivity index (χ0n) is 14.9. The summed E-state index contributed by atoms with van der Waals surface area (Å²) in [5.74, 6) is 0.208. The van der Waals surface area contributed by atoms with Gasteiger partial charge in [0.15, 0.2) is 0 Å². The number of amides is 2. The first-order valence-corrected chi connectivity index (χ1v) is 9.81. The van der Waals surface area contributed by atoms with E-state index >= 15 is 0 Å². The molecule has 3 rings (SSSR count). The molecule has 0 spiro atoms. The number of nitrogens with one attached hydrogen (secondary N) is 1. The van der Waals surface area contributed by atoms with Crippen molar-refractivity contribution in [2.75, 3.05) is 6.54 Å². The smallest absolute Gasteiger partial charge is 0.248 e. The molecule has 0 radical (unpaired) electrons. The average Bonchev–Trinajstić information content (AvgIpc) is 3.04. The Bertz CT molecular complexity index is 473. The Labute approximate surface area is 145 Å². The van der Waals surface area contributed by atoms with Crippen LogP contribution in [0.1, 0.15) is 77.6 Å². The summed E-state index contributed by atoms with van der Waals surface area (Å²) >= 11 is 0. The Hall–Kier alpha value is -1.10. The molecule has 2 aliphatic carbocycles. The van der Waals surface area contributed by atoms with Crippen LogP contribution in [0.15, 0.2) is 0 Å². The van der Waals surface area contributed by atoms with Gasteiger partial charge in [-0.05, 0) is 38.5 Å². The van der Waals surface area contributed by atoms with E-state index in [1.54, 1.807) is 0 Å². The van der Waals surface area contributed by atoms with Crippen molar-refractivity contribution in [3.05, 3.63) is 0 Å². The number of likely N-dealkylation sites (tertiary alicyclic amines) is 1. The molecule has 2 amide bonds. The first kappa shape index (κ1) is 17.7. The summed E-state index contributed by atoms with van der Waals surface area (Å²) < 4.78 is 0. The topological polar surface area (TPSA) is 69.6 Å². The molecular formula is C19H32N2O3. The van der Waals surface area contributed by atoms with Gasteiger partial charge in [0, 0.05) is 25.4 Å². The molecule has 5 nitrogen and oxygen atoms in total. The SMILES string of the molecule is CC(=O)NC1(C(=O)N2CCC[C@@H]2[C@@H]2CCCC[C@@H]2O)CCCCC1. The summed E-state index contributed by atoms with van der Waals surface area (Å²) in [5.41, 5.74) is -0.702. The highest BCUT2D eigenvalue weighted by atomic mass is 16.3. The minimum absolute atomic E-state index is 0.109. The van der Waals surface area contributed by atoms with Crippen LogP contribution in [0.5, 0.6) is 0 Å². The van der Waals surface area contributed by atoms with Crippen molar-refractivity contribution in [1.82, 2.24) is 10.2 Å². The number of aliphatic hydroxyl groups is 1. The van der Waals surface area contributed by atoms with Crippen LogP contribution in [0.25, 0.3) is 0 Å². The van der Waals surface area contributed by atoms with Crippen molar-refractivity contribution in [2.45, 2.75) is 95.2 Å². The van der Waals surface area contributed by atoms with Crippen LogP contribution < -0.4 is 5.32 Å². The minimum atomic E-state index is -0.702. The van der Waals surface area contributed by atoms with Gasteiger partial charge in [0.2, 0.25) is 11.8 Å². The average molecular weight is 336 g/mol. The van der Waals surface area contributed by atoms with E-state index in [1.807, 2.05) is 4.90 Å². The molecule has 0 unspecified atom stereocenters. The second kappa shape index (κ2) is 7.42. The summed E-state index contributed by atoms with van der Waals surface area (Å²) in [7, 11) is 0. The van der Waals surface area contributed by atoms with E-state index in [2.05, 4.69) is 5.32 Å². The van der Waals surface area contributed by atoms with E-state index in [4.69, 9.17) is 0 Å². The van der Waals surface area contributed by atoms with Crippen molar-refractivity contribution in [3.63, 3.8) is 0 Å². The largest absolute Gasteiger partial charge is 0.393 e. The molecule has 1 saturated heterocycles. The van der Waals surface area contributed by atoms with Gasteiger partial charge in [0.25, 0.3) is 0 Å². The number of hydrogen-bond acceptors (Lipinski definition) is 3. The lowest BCUT2D eigenvalue weighted by Gasteiger charge is -2.43. The zero-order chi connectivity index (χ0) is 17.2. The van der Waals surface area contributed by atoms with Gasteiger partial charge in [-0.1, -0.05) is 32.1 Å². The lowest BCUT2D eigenvalue weighted by Crippen LogP contribution is -2.62. The molecule has 0 bridgehead atoms. The van der Waals surface area contributed by atoms with Crippen LogP contribution in [-0.2, 0) is 9.59 Å². The Morgan fingerprint density at radius 2 is 1.71 bits per heavy atom. The van der Waals surface area contributed by atoms with Gasteiger partial charge >= 0.3 is 0 Å². The molecule has 0 aromatic heterocycles. The van der Waals surface area contributed by atoms with E-state index in [9.17, 15) is 14.7 Å². The fourth-order valence-electron chi connectivity index (χ4n) is 5.24. The summed E-state index contributed by atoms with van der Waals surface area (Å²) in [6.45, 7) is 2.28. The molecule has 3 fully saturated rings. The summed E-state index contributed by atoms with van der Waals surface area (Å²) in [4.78, 5) is 27.2. The molecule has 136 valence electrons. The Morgan fingerprint density at radius 3 is 2.38 bits per heavy atom. The van der Waals surface area contributed by atoms with Crippen LogP contribution in [0.3, 0.4) is 0 Å². The monoisotopic (exact) mass is 336 g/mol. The molecule has 5 heteroatoms. The third-order valence-corrected chi connectivity index (χ3v) is 6.37. The molecule has 24 heavy (non-hydrogen) atoms. The highest BCUT2D eigenvalue weighted by Gasteiger charge is 2.47. The molecule has 0 aromatic carbocycles. The van der Waals surface area contributed by atoms with Crippen LogP contribution >= 0.6 is 0 Å². The normalized spacial score (nSPS) is 33.2. The number of rotatable bonds is 3. The molecular weight excluding hydrogens is 304 g/mol. The van der Waals surface area contributed by atoms with Crippen LogP contribution in [0.2, 0.25) is 0 Å². The summed E-state index contributed by atoms with van der Waals surface area (Å²) in [5, 5.41) is 13.5. The summed E-state index contributed by atoms with van der Waals surface area (Å²) in [6, 6.07) is 0.153. The van der Waals surface area contributed by atoms with E-state index in [0.29, 0.717) is 0 Å². The van der Waals surface area contributed by atoms with E-state index in [-0.39, 0.29) is 29.9 Å². The zero-order valence-corrected chi connectivity index (χ0v) is 14.9. The van der Waals surface area contributed by atoms with Crippen molar-refractivity contribution in [3.8, 4) is 0 Å². The molecule has 2 N–H and O–H groups in total. The van der Waals surface area contributed by atoms with Gasteiger partial charge < -0.3 is 15.3 Å². The highest BCUT2D eigenvalue weighted by Crippen LogP contribution is 2.38. The number of carbonyl (C=O) groups is 2. The van der Waals surface area contributed by atoms with Crippen molar-refractivity contribution < 1.29 is 14.7 Å². The van der Waals surface area contributed by atoms with E-state index < -0.39 is 5.54 Å². The van der Waals surface area contributed by atoms with Gasteiger partial charge in [-0.3, -0.25) is 9.59 Å². The highest BCUT2D eigenvalue weighted by molar-refractivity contribution is 5.91. The first-order chi connectivity index (χ1) is 11.5. The van der Waals surface area contributed by atoms with E-state index in [0.717, 1.165) is 77.2 Å². The fourth-order valence-corrected chi connectivity index (χ4v) is 5.24. The van der Waals surface area contributed by atoms with Gasteiger partial charge in [-0.15, -0.1) is 0 Å². The second-order valence-electron chi connectivity index (χ2n) is 8.05. The molecule has 1 aliphatic heterocycles. The third kappa shape index (κ3) is 3.46. The number of nitrogens with zero attached hydrogens (tertiary/aromatic N) is 1. The maximum Gasteiger partial charge on any atom is 0.248 e. The first-order valence-electron chi connectivity index (χ1n) is 9.81. The van der Waals surface area contributed by atoms with Crippen LogP contribution in [0, 0.1) is 5.92 Å². The van der Waals surface area contributed by atoms with Gasteiger partial charge in [0.05, 0.1) is 6.10 Å². The minimum Gasteiger partial charge on any atom is -0.393 e. The molecule has 1 heterocycles. The van der Waals surface area contributed by atoms with Crippen LogP contribution in [0.4, 0.5) is 0 Å². The third-order valence-electron chi connectivity index (χ3n) is 6.37. The van der Waals surface area contributed by atoms with Crippen molar-refractivity contribution in [2.24, 2.45) is 5.92 Å². The quantitative estimate of drug-likeness (QED) is 0.831. The van der Waals surface area contributed by atoms with E-state index in [1.165, 1.54) is 6.92 Å². The predicted molar refractivity (Wildman–Crippen MR) is 92.3 cm³/mol. The molecule has 2 saturated carbocycles. The lowest BCUT2D eigenvalue weighted by atomic mass is 9.78. The fraction of sp³-hybridized carbons (Fsp3) is 0.895. The van der Waals surface area contributed by atoms with Crippen molar-refractivity contribution >= 4 is 11.8 Å². The number of hydrogen-bond donors (Lipinski definition) is 2. The molecule has 3 atom stereocenters. The molecule has 3 aliphatic rings. The lowest BCUT2D eigenvalue weighted by molar-refractivity contribution is -0.146. The maximum atomic E-state index is 13.4. The van der Waals surface area contributed by atoms with Gasteiger partial charge in [-0.25, -0.2) is 0 Å². The standard InChI is InChI=1S/C19H32N2O3/c1-14(22)20-19(11-5-2-6-12-19)18(24)21-13-7-9-16(21)15-8-3-4-10-17(15)23/h15-17,23H,2-13H2,1H3,(H,20,22)/t15-,16+,17-/m0/s1. The molecule has 0 aromatic rings. The maximum absolute atomic E-state index is 13.4. The predicted octanol–water partition coefficient (Wildman–Crippen LogP) is 2.37. The van der Waals surface area contributed by atoms with Gasteiger partial charge in [-0.2, -0.15) is 0 Å². The summed E-state index contributed by atoms with van der Waals surface area (Å²) in [6.07, 6.45) is 10.5.